The van der Waals surface area contributed by atoms with Crippen molar-refractivity contribution in [2.45, 2.75) is 45.2 Å². The molecule has 0 bridgehead atoms. The lowest BCUT2D eigenvalue weighted by Gasteiger charge is -2.17. The van der Waals surface area contributed by atoms with E-state index in [0.29, 0.717) is 17.1 Å². The Hall–Kier alpha value is -1.79. The van der Waals surface area contributed by atoms with E-state index in [9.17, 15) is 9.90 Å². The normalized spacial score (nSPS) is 11.2. The van der Waals surface area contributed by atoms with Gasteiger partial charge in [-0.3, -0.25) is 9.36 Å². The van der Waals surface area contributed by atoms with Gasteiger partial charge in [-0.05, 0) is 38.8 Å². The minimum absolute atomic E-state index is 0.117. The molecule has 0 unspecified atom stereocenters. The molecule has 1 heterocycles. The molecule has 0 radical (unpaired) electrons. The molecule has 5 nitrogen and oxygen atoms in total. The van der Waals surface area contributed by atoms with Crippen LogP contribution in [-0.4, -0.2) is 40.0 Å². The highest BCUT2D eigenvalue weighted by molar-refractivity contribution is 7.99. The molecule has 0 atom stereocenters. The van der Waals surface area contributed by atoms with Crippen LogP contribution in [0.4, 0.5) is 0 Å². The SMILES string of the molecule is CCCCc1c(O)nc(SCC[NH+](CC)CC)n(-c2ccccc2)c1=O. The molecule has 0 aliphatic carbocycles. The highest BCUT2D eigenvalue weighted by atomic mass is 32.2. The summed E-state index contributed by atoms with van der Waals surface area (Å²) in [5, 5.41) is 10.9. The van der Waals surface area contributed by atoms with Crippen LogP contribution >= 0.6 is 11.8 Å². The van der Waals surface area contributed by atoms with Crippen molar-refractivity contribution in [3.8, 4) is 11.6 Å². The predicted octanol–water partition coefficient (Wildman–Crippen LogP) is 2.30. The number of benzene rings is 1. The summed E-state index contributed by atoms with van der Waals surface area (Å²) < 4.78 is 1.65. The number of aromatic nitrogens is 2. The first-order valence-electron chi connectivity index (χ1n) is 9.48. The summed E-state index contributed by atoms with van der Waals surface area (Å²) in [6, 6.07) is 9.56. The van der Waals surface area contributed by atoms with Crippen molar-refractivity contribution >= 4 is 11.8 Å². The van der Waals surface area contributed by atoms with E-state index in [4.69, 9.17) is 0 Å². The van der Waals surface area contributed by atoms with Crippen molar-refractivity contribution in [1.82, 2.24) is 9.55 Å². The van der Waals surface area contributed by atoms with Crippen LogP contribution in [0.15, 0.2) is 40.3 Å². The van der Waals surface area contributed by atoms with Gasteiger partial charge in [-0.2, -0.15) is 4.98 Å². The van der Waals surface area contributed by atoms with Gasteiger partial charge in [-0.1, -0.05) is 43.3 Å². The molecule has 6 heteroatoms. The molecule has 2 rings (SSSR count). The quantitative estimate of drug-likeness (QED) is 0.493. The number of nitrogens with one attached hydrogen (secondary N) is 1. The molecule has 1 aromatic heterocycles. The number of para-hydroxylation sites is 1. The summed E-state index contributed by atoms with van der Waals surface area (Å²) in [6.45, 7) is 9.58. The fraction of sp³-hybridized carbons (Fsp3) is 0.500. The Morgan fingerprint density at radius 1 is 1.15 bits per heavy atom. The molecular formula is C20H30N3O2S+. The van der Waals surface area contributed by atoms with E-state index < -0.39 is 0 Å². The minimum Gasteiger partial charge on any atom is -0.493 e. The van der Waals surface area contributed by atoms with E-state index in [-0.39, 0.29) is 11.4 Å². The second-order valence-electron chi connectivity index (χ2n) is 6.33. The maximum absolute atomic E-state index is 13.1. The van der Waals surface area contributed by atoms with Gasteiger partial charge in [0.25, 0.3) is 5.56 Å². The summed E-state index contributed by atoms with van der Waals surface area (Å²) >= 11 is 1.53. The molecule has 2 aromatic rings. The first kappa shape index (κ1) is 20.5. The zero-order valence-corrected chi connectivity index (χ0v) is 16.8. The van der Waals surface area contributed by atoms with Gasteiger partial charge in [-0.25, -0.2) is 0 Å². The maximum Gasteiger partial charge on any atom is 0.265 e. The Labute approximate surface area is 160 Å². The summed E-state index contributed by atoms with van der Waals surface area (Å²) in [6.07, 6.45) is 2.37. The van der Waals surface area contributed by atoms with Gasteiger partial charge in [0.15, 0.2) is 5.16 Å². The second-order valence-corrected chi connectivity index (χ2v) is 7.39. The molecule has 0 saturated heterocycles. The Balaban J connectivity index is 2.38. The predicted molar refractivity (Wildman–Crippen MR) is 108 cm³/mol. The number of hydrogen-bond donors (Lipinski definition) is 2. The van der Waals surface area contributed by atoms with Gasteiger partial charge >= 0.3 is 0 Å². The zero-order chi connectivity index (χ0) is 18.9. The molecule has 0 spiro atoms. The van der Waals surface area contributed by atoms with Crippen LogP contribution in [0.3, 0.4) is 0 Å². The fourth-order valence-corrected chi connectivity index (χ4v) is 3.93. The largest absolute Gasteiger partial charge is 0.493 e. The number of aromatic hydroxyl groups is 1. The van der Waals surface area contributed by atoms with E-state index in [0.717, 1.165) is 43.9 Å². The molecule has 0 saturated carbocycles. The first-order valence-corrected chi connectivity index (χ1v) is 10.5. The smallest absolute Gasteiger partial charge is 0.265 e. The molecule has 142 valence electrons. The Bertz CT molecular complexity index is 743. The standard InChI is InChI=1S/C20H29N3O2S/c1-4-7-13-17-18(24)21-20(26-15-14-22(5-2)6-3)23(19(17)25)16-11-9-8-10-12-16/h8-12,24H,4-7,13-15H2,1-3H3/p+1. The van der Waals surface area contributed by atoms with E-state index in [1.807, 2.05) is 30.3 Å². The molecule has 0 aliphatic heterocycles. The third-order valence-electron chi connectivity index (χ3n) is 4.61. The summed E-state index contributed by atoms with van der Waals surface area (Å²) in [5.74, 6) is 0.734. The molecule has 26 heavy (non-hydrogen) atoms. The highest BCUT2D eigenvalue weighted by Gasteiger charge is 2.18. The summed E-state index contributed by atoms with van der Waals surface area (Å²) in [5.41, 5.74) is 1.05. The average Bonchev–Trinajstić information content (AvgIpc) is 2.65. The third kappa shape index (κ3) is 5.11. The van der Waals surface area contributed by atoms with Gasteiger partial charge in [0.1, 0.15) is 0 Å². The van der Waals surface area contributed by atoms with Gasteiger partial charge in [0.05, 0.1) is 36.6 Å². The molecule has 1 aromatic carbocycles. The van der Waals surface area contributed by atoms with Crippen LogP contribution < -0.4 is 10.5 Å². The van der Waals surface area contributed by atoms with Gasteiger partial charge < -0.3 is 10.0 Å². The topological polar surface area (TPSA) is 59.6 Å². The van der Waals surface area contributed by atoms with Gasteiger partial charge in [0, 0.05) is 0 Å². The van der Waals surface area contributed by atoms with Crippen LogP contribution in [0.25, 0.3) is 5.69 Å². The number of nitrogens with zero attached hydrogens (tertiary/aromatic N) is 2. The number of quaternary nitrogens is 1. The van der Waals surface area contributed by atoms with Crippen LogP contribution in [0.5, 0.6) is 5.88 Å². The van der Waals surface area contributed by atoms with Crippen molar-refractivity contribution in [2.24, 2.45) is 0 Å². The van der Waals surface area contributed by atoms with Crippen molar-refractivity contribution in [3.63, 3.8) is 0 Å². The lowest BCUT2D eigenvalue weighted by Crippen LogP contribution is -3.11. The van der Waals surface area contributed by atoms with Crippen molar-refractivity contribution in [3.05, 3.63) is 46.2 Å². The Kier molecular flexibility index (Phi) is 8.19. The minimum atomic E-state index is -0.158. The Morgan fingerprint density at radius 2 is 1.85 bits per heavy atom. The molecule has 0 amide bonds. The van der Waals surface area contributed by atoms with E-state index in [1.165, 1.54) is 16.7 Å². The monoisotopic (exact) mass is 376 g/mol. The van der Waals surface area contributed by atoms with E-state index >= 15 is 0 Å². The van der Waals surface area contributed by atoms with E-state index in [1.54, 1.807) is 4.57 Å². The number of unbranched alkanes of at least 4 members (excludes halogenated alkanes) is 1. The molecular weight excluding hydrogens is 346 g/mol. The third-order valence-corrected chi connectivity index (χ3v) is 5.55. The number of thioether (sulfide) groups is 1. The Morgan fingerprint density at radius 3 is 2.46 bits per heavy atom. The summed E-state index contributed by atoms with van der Waals surface area (Å²) in [7, 11) is 0. The number of rotatable bonds is 10. The number of hydrogen-bond acceptors (Lipinski definition) is 4. The van der Waals surface area contributed by atoms with Crippen molar-refractivity contribution in [2.75, 3.05) is 25.4 Å². The second kappa shape index (κ2) is 10.4. The van der Waals surface area contributed by atoms with Crippen LogP contribution in [0, 0.1) is 0 Å². The van der Waals surface area contributed by atoms with Crippen molar-refractivity contribution < 1.29 is 10.0 Å². The highest BCUT2D eigenvalue weighted by Crippen LogP contribution is 2.22. The average molecular weight is 377 g/mol. The van der Waals surface area contributed by atoms with Gasteiger partial charge in [-0.15, -0.1) is 0 Å². The lowest BCUT2D eigenvalue weighted by atomic mass is 10.1. The summed E-state index contributed by atoms with van der Waals surface area (Å²) in [4.78, 5) is 19.0. The lowest BCUT2D eigenvalue weighted by molar-refractivity contribution is -0.893. The van der Waals surface area contributed by atoms with Crippen molar-refractivity contribution in [1.29, 1.82) is 0 Å². The van der Waals surface area contributed by atoms with Crippen LogP contribution in [0.1, 0.15) is 39.2 Å². The fourth-order valence-electron chi connectivity index (χ4n) is 2.89. The van der Waals surface area contributed by atoms with Gasteiger partial charge in [0.2, 0.25) is 5.88 Å². The van der Waals surface area contributed by atoms with Crippen LogP contribution in [0.2, 0.25) is 0 Å². The molecule has 2 N–H and O–H groups in total. The molecule has 0 aliphatic rings. The van der Waals surface area contributed by atoms with Crippen LogP contribution in [-0.2, 0) is 6.42 Å². The van der Waals surface area contributed by atoms with E-state index in [2.05, 4.69) is 25.8 Å². The molecule has 0 fully saturated rings. The maximum atomic E-state index is 13.1. The first-order chi connectivity index (χ1) is 12.6. The zero-order valence-electron chi connectivity index (χ0n) is 16.0.